The molecule has 0 aromatic carbocycles. The number of thioether (sulfide) groups is 2. The Kier molecular flexibility index (Phi) is 5.87. The van der Waals surface area contributed by atoms with Crippen molar-refractivity contribution in [2.75, 3.05) is 5.73 Å². The molecule has 1 fully saturated rings. The summed E-state index contributed by atoms with van der Waals surface area (Å²) in [5.74, 6) is -2.10. The highest BCUT2D eigenvalue weighted by atomic mass is 32.2. The molecule has 4 heterocycles. The molecular formula is C17H17N7O5S3. The van der Waals surface area contributed by atoms with E-state index in [4.69, 9.17) is 10.9 Å². The summed E-state index contributed by atoms with van der Waals surface area (Å²) in [7, 11) is 0. The van der Waals surface area contributed by atoms with Crippen molar-refractivity contribution in [3.63, 3.8) is 0 Å². The second kappa shape index (κ2) is 8.48. The van der Waals surface area contributed by atoms with Crippen molar-refractivity contribution in [2.45, 2.75) is 29.3 Å². The van der Waals surface area contributed by atoms with Crippen molar-refractivity contribution in [1.82, 2.24) is 25.4 Å². The number of hydrogen-bond donors (Lipinski definition) is 5. The van der Waals surface area contributed by atoms with Crippen molar-refractivity contribution < 1.29 is 24.7 Å². The maximum Gasteiger partial charge on any atom is 0.353 e. The normalized spacial score (nSPS) is 22.7. The van der Waals surface area contributed by atoms with E-state index in [2.05, 4.69) is 25.7 Å². The molecule has 12 nitrogen and oxygen atoms in total. The molecule has 6 N–H and O–H groups in total. The Bertz CT molecular complexity index is 1150. The number of carbonyl (C=O) groups is 3. The minimum absolute atomic E-state index is 0.103. The molecule has 0 saturated carbocycles. The third kappa shape index (κ3) is 3.71. The van der Waals surface area contributed by atoms with Crippen LogP contribution in [0.2, 0.25) is 0 Å². The molecule has 2 aromatic heterocycles. The minimum atomic E-state index is -1.47. The number of carbonyl (C=O) groups excluding carboxylic acids is 2. The summed E-state index contributed by atoms with van der Waals surface area (Å²) in [4.78, 5) is 42.3. The van der Waals surface area contributed by atoms with E-state index in [0.29, 0.717) is 22.5 Å². The Hall–Kier alpha value is -3.04. The van der Waals surface area contributed by atoms with Gasteiger partial charge in [0.2, 0.25) is 5.91 Å². The smallest absolute Gasteiger partial charge is 0.353 e. The number of nitrogens with zero attached hydrogens (tertiary/aromatic N) is 4. The van der Waals surface area contributed by atoms with Gasteiger partial charge in [0.25, 0.3) is 5.91 Å². The van der Waals surface area contributed by atoms with Crippen LogP contribution in [0.15, 0.2) is 28.2 Å². The van der Waals surface area contributed by atoms with E-state index in [-0.39, 0.29) is 28.1 Å². The first-order valence-electron chi connectivity index (χ1n) is 9.08. The van der Waals surface area contributed by atoms with Crippen LogP contribution in [0.25, 0.3) is 0 Å². The van der Waals surface area contributed by atoms with E-state index in [1.54, 1.807) is 19.3 Å². The number of nitrogen functional groups attached to an aromatic ring is 1. The van der Waals surface area contributed by atoms with Crippen LogP contribution in [0.3, 0.4) is 0 Å². The number of nitrogens with two attached hydrogens (primary N) is 1. The second-order valence-corrected chi connectivity index (χ2v) is 10.4. The van der Waals surface area contributed by atoms with E-state index in [0.717, 1.165) is 17.3 Å². The summed E-state index contributed by atoms with van der Waals surface area (Å²) >= 11 is 3.52. The van der Waals surface area contributed by atoms with Crippen molar-refractivity contribution in [3.8, 4) is 0 Å². The number of anilines is 1. The zero-order valence-corrected chi connectivity index (χ0v) is 18.9. The molecule has 1 unspecified atom stereocenters. The molecule has 32 heavy (non-hydrogen) atoms. The molecule has 2 amide bonds. The summed E-state index contributed by atoms with van der Waals surface area (Å²) in [6.45, 7) is 1.76. The number of amides is 2. The number of nitrogens with one attached hydrogen (secondary N) is 2. The molecule has 2 aliphatic heterocycles. The fraction of sp³-hybridized carbons (Fsp3) is 0.294. The van der Waals surface area contributed by atoms with Crippen LogP contribution in [0.4, 0.5) is 5.13 Å². The molecule has 2 aliphatic rings. The monoisotopic (exact) mass is 495 g/mol. The molecule has 0 spiro atoms. The quantitative estimate of drug-likeness (QED) is 0.161. The maximum absolute atomic E-state index is 12.6. The number of aromatic amines is 1. The Morgan fingerprint density at radius 3 is 2.91 bits per heavy atom. The number of carboxylic acid groups (broad SMARTS) is 1. The van der Waals surface area contributed by atoms with Gasteiger partial charge < -0.3 is 21.4 Å². The first kappa shape index (κ1) is 22.2. The number of thiazole rings is 1. The lowest BCUT2D eigenvalue weighted by Gasteiger charge is -2.51. The van der Waals surface area contributed by atoms with Crippen molar-refractivity contribution in [1.29, 1.82) is 0 Å². The van der Waals surface area contributed by atoms with Crippen LogP contribution in [-0.2, 0) is 25.0 Å². The van der Waals surface area contributed by atoms with E-state index in [9.17, 15) is 19.5 Å². The fourth-order valence-corrected chi connectivity index (χ4v) is 7.39. The average Bonchev–Trinajstić information content (AvgIpc) is 3.35. The van der Waals surface area contributed by atoms with Crippen molar-refractivity contribution in [2.24, 2.45) is 5.16 Å². The molecule has 168 valence electrons. The number of aliphatic carboxylic acids is 1. The van der Waals surface area contributed by atoms with E-state index < -0.39 is 22.1 Å². The lowest BCUT2D eigenvalue weighted by Crippen LogP contribution is -2.60. The maximum atomic E-state index is 12.6. The van der Waals surface area contributed by atoms with Crippen molar-refractivity contribution in [3.05, 3.63) is 39.1 Å². The number of oxime groups is 1. The van der Waals surface area contributed by atoms with Gasteiger partial charge in [-0.1, -0.05) is 16.9 Å². The largest absolute Gasteiger partial charge is 0.477 e. The van der Waals surface area contributed by atoms with Crippen LogP contribution in [-0.4, -0.2) is 59.8 Å². The highest BCUT2D eigenvalue weighted by Gasteiger charge is 2.57. The standard InChI is InChI=1S/C17H17N7O5S3/c1-7-13(22-16(18)31-7)17(23-9(25)5-21-29)14(30-6-8-3-19-20-4-8)12(15(27)28)24-10(26)2-11(24)32-17/h3-5,11,29H,2,6H2,1H3,(H2,18,22)(H,19,20)(H,23,25)(H,27,28)/b21-5-/t11-,17?/m0/s1. The summed E-state index contributed by atoms with van der Waals surface area (Å²) in [5, 5.41) is 30.8. The Balaban J connectivity index is 1.94. The molecule has 4 rings (SSSR count). The number of fused-ring (bicyclic) bond motifs is 1. The van der Waals surface area contributed by atoms with Crippen molar-refractivity contribution >= 4 is 64.0 Å². The Labute approximate surface area is 193 Å². The van der Waals surface area contributed by atoms with Gasteiger partial charge in [0.15, 0.2) is 10.0 Å². The number of H-pyrrole nitrogens is 1. The predicted molar refractivity (Wildman–Crippen MR) is 119 cm³/mol. The van der Waals surface area contributed by atoms with Gasteiger partial charge in [-0.25, -0.2) is 9.78 Å². The van der Waals surface area contributed by atoms with E-state index in [1.165, 1.54) is 28.0 Å². The summed E-state index contributed by atoms with van der Waals surface area (Å²) < 4.78 is 0. The third-order valence-electron chi connectivity index (χ3n) is 4.76. The number of carboxylic acids is 1. The second-order valence-electron chi connectivity index (χ2n) is 6.79. The number of aryl methyl sites for hydroxylation is 1. The zero-order chi connectivity index (χ0) is 23.0. The number of β-lactam (4-membered cyclic amide) rings is 1. The summed E-state index contributed by atoms with van der Waals surface area (Å²) in [5.41, 5.74) is 6.83. The molecule has 0 radical (unpaired) electrons. The fourth-order valence-electron chi connectivity index (χ4n) is 3.48. The number of aromatic nitrogens is 3. The first-order valence-corrected chi connectivity index (χ1v) is 11.8. The van der Waals surface area contributed by atoms with Gasteiger partial charge >= 0.3 is 5.97 Å². The molecule has 0 aliphatic carbocycles. The predicted octanol–water partition coefficient (Wildman–Crippen LogP) is 1.02. The van der Waals surface area contributed by atoms with Gasteiger partial charge in [0.1, 0.15) is 11.9 Å². The van der Waals surface area contributed by atoms with Gasteiger partial charge in [-0.15, -0.1) is 23.1 Å². The van der Waals surface area contributed by atoms with Gasteiger partial charge in [-0.05, 0) is 6.92 Å². The third-order valence-corrected chi connectivity index (χ3v) is 8.45. The topological polar surface area (TPSA) is 187 Å². The van der Waals surface area contributed by atoms with Crippen LogP contribution >= 0.6 is 34.9 Å². The van der Waals surface area contributed by atoms with Crippen LogP contribution in [0.1, 0.15) is 22.6 Å². The van der Waals surface area contributed by atoms with Crippen LogP contribution in [0, 0.1) is 6.92 Å². The molecule has 15 heteroatoms. The number of hydrogen-bond acceptors (Lipinski definition) is 11. The summed E-state index contributed by atoms with van der Waals surface area (Å²) in [6, 6.07) is 0. The SMILES string of the molecule is Cc1sc(N)nc1C1(NC(=O)/C=N\O)S[C@H]2CC(=O)N2C(C(=O)O)=C1SCc1cn[nH]c1. The lowest BCUT2D eigenvalue weighted by molar-refractivity contribution is -0.146. The highest BCUT2D eigenvalue weighted by molar-refractivity contribution is 8.06. The minimum Gasteiger partial charge on any atom is -0.477 e. The average molecular weight is 496 g/mol. The van der Waals surface area contributed by atoms with Gasteiger partial charge in [-0.3, -0.25) is 19.6 Å². The van der Waals surface area contributed by atoms with E-state index >= 15 is 0 Å². The highest BCUT2D eigenvalue weighted by Crippen LogP contribution is 2.58. The molecule has 0 bridgehead atoms. The van der Waals surface area contributed by atoms with E-state index in [1.807, 2.05) is 0 Å². The van der Waals surface area contributed by atoms with Crippen LogP contribution in [0.5, 0.6) is 0 Å². The summed E-state index contributed by atoms with van der Waals surface area (Å²) in [6.07, 6.45) is 4.02. The molecule has 1 saturated heterocycles. The van der Waals surface area contributed by atoms with Gasteiger partial charge in [0, 0.05) is 22.4 Å². The Morgan fingerprint density at radius 2 is 2.34 bits per heavy atom. The Morgan fingerprint density at radius 1 is 1.56 bits per heavy atom. The van der Waals surface area contributed by atoms with Gasteiger partial charge in [0.05, 0.1) is 28.6 Å². The zero-order valence-electron chi connectivity index (χ0n) is 16.4. The van der Waals surface area contributed by atoms with Crippen LogP contribution < -0.4 is 11.1 Å². The van der Waals surface area contributed by atoms with Gasteiger partial charge in [-0.2, -0.15) is 5.10 Å². The molecular weight excluding hydrogens is 478 g/mol. The first-order chi connectivity index (χ1) is 15.3. The molecule has 2 aromatic rings. The lowest BCUT2D eigenvalue weighted by atomic mass is 10.1. The number of rotatable bonds is 7. The molecule has 2 atom stereocenters.